The molecule has 0 saturated heterocycles. The molecule has 13 heavy (non-hydrogen) atoms. The van der Waals surface area contributed by atoms with Gasteiger partial charge in [-0.05, 0) is 6.42 Å². The van der Waals surface area contributed by atoms with Crippen LogP contribution in [0.3, 0.4) is 0 Å². The largest absolute Gasteiger partial charge is 2.00 e. The van der Waals surface area contributed by atoms with Gasteiger partial charge in [-0.3, -0.25) is 0 Å². The number of rotatable bonds is 1. The van der Waals surface area contributed by atoms with Crippen molar-refractivity contribution < 1.29 is 5.11 Å². The van der Waals surface area contributed by atoms with Gasteiger partial charge in [0.15, 0.2) is 0 Å². The van der Waals surface area contributed by atoms with E-state index in [1.807, 2.05) is 37.3 Å². The number of benzene rings is 1. The second-order valence-electron chi connectivity index (χ2n) is 1.80. The zero-order valence-corrected chi connectivity index (χ0v) is 12.5. The van der Waals surface area contributed by atoms with Crippen LogP contribution in [0.5, 0.6) is 0 Å². The molecular weight excluding hydrogens is 285 g/mol. The minimum absolute atomic E-state index is 0. The maximum absolute atomic E-state index is 7.88. The molecule has 1 nitrogen and oxygen atoms in total. The van der Waals surface area contributed by atoms with Crippen LogP contribution >= 0.6 is 0 Å². The first kappa shape index (κ1) is 19.0. The maximum atomic E-state index is 7.88. The summed E-state index contributed by atoms with van der Waals surface area (Å²) in [5.74, 6) is 0. The van der Waals surface area contributed by atoms with Gasteiger partial charge in [0.2, 0.25) is 0 Å². The fourth-order valence-electron chi connectivity index (χ4n) is 0.342. The molecule has 0 radical (unpaired) electrons. The van der Waals surface area contributed by atoms with Crippen molar-refractivity contribution in [3.05, 3.63) is 42.8 Å². The van der Waals surface area contributed by atoms with E-state index in [9.17, 15) is 0 Å². The van der Waals surface area contributed by atoms with Gasteiger partial charge >= 0.3 is 48.9 Å². The summed E-state index contributed by atoms with van der Waals surface area (Å²) in [7, 11) is 0. The van der Waals surface area contributed by atoms with Crippen molar-refractivity contribution in [1.82, 2.24) is 0 Å². The van der Waals surface area contributed by atoms with Crippen molar-refractivity contribution in [3.8, 4) is 6.42 Å². The molecule has 0 heterocycles. The van der Waals surface area contributed by atoms with Crippen LogP contribution < -0.4 is 0 Å². The summed E-state index contributed by atoms with van der Waals surface area (Å²) in [4.78, 5) is 0. The van der Waals surface area contributed by atoms with E-state index in [1.54, 1.807) is 0 Å². The van der Waals surface area contributed by atoms with Crippen LogP contribution in [0.25, 0.3) is 0 Å². The van der Waals surface area contributed by atoms with Gasteiger partial charge in [0.05, 0.1) is 0 Å². The molecule has 0 aliphatic heterocycles. The molecular formula is C11H14BaO. The van der Waals surface area contributed by atoms with Gasteiger partial charge < -0.3 is 18.0 Å². The van der Waals surface area contributed by atoms with Gasteiger partial charge in [-0.15, -0.1) is 0 Å². The maximum Gasteiger partial charge on any atom is 2.00 e. The summed E-state index contributed by atoms with van der Waals surface area (Å²) < 4.78 is 0. The SMILES string of the molecule is CCCO.[Ba+2].[C-]#C.[c-]1ccccc1. The van der Waals surface area contributed by atoms with Crippen LogP contribution in [0.4, 0.5) is 0 Å². The molecule has 0 bridgehead atoms. The molecule has 0 aliphatic rings. The average Bonchev–Trinajstić information content (AvgIpc) is 2.24. The Kier molecular flexibility index (Phi) is 33.3. The molecule has 0 unspecified atom stereocenters. The summed E-state index contributed by atoms with van der Waals surface area (Å²) in [6, 6.07) is 12.5. The van der Waals surface area contributed by atoms with Crippen molar-refractivity contribution in [2.75, 3.05) is 6.61 Å². The summed E-state index contributed by atoms with van der Waals surface area (Å²) in [6.07, 6.45) is 9.88. The summed E-state index contributed by atoms with van der Waals surface area (Å²) >= 11 is 0. The van der Waals surface area contributed by atoms with Gasteiger partial charge in [0.1, 0.15) is 0 Å². The van der Waals surface area contributed by atoms with E-state index in [4.69, 9.17) is 11.5 Å². The zero-order chi connectivity index (χ0) is 9.66. The standard InChI is InChI=1S/C6H5.C3H8O.C2H.Ba/c1-2-4-6-5-3-1;1-2-3-4;1-2;/h1-5H;4H,2-3H2,1H3;1H;/q-1;;-1;+2. The van der Waals surface area contributed by atoms with Gasteiger partial charge in [-0.25, -0.2) is 0 Å². The van der Waals surface area contributed by atoms with Crippen LogP contribution in [0.1, 0.15) is 13.3 Å². The van der Waals surface area contributed by atoms with Crippen LogP contribution in [-0.4, -0.2) is 60.6 Å². The zero-order valence-electron chi connectivity index (χ0n) is 8.03. The van der Waals surface area contributed by atoms with Crippen molar-refractivity contribution in [1.29, 1.82) is 0 Å². The fraction of sp³-hybridized carbons (Fsp3) is 0.273. The average molecular weight is 300 g/mol. The number of hydrogen-bond acceptors (Lipinski definition) is 1. The van der Waals surface area contributed by atoms with Crippen LogP contribution in [0, 0.1) is 18.9 Å². The Balaban J connectivity index is -0.000000128. The normalized spacial score (nSPS) is 6.15. The van der Waals surface area contributed by atoms with Crippen molar-refractivity contribution >= 4 is 48.9 Å². The Labute approximate surface area is 122 Å². The monoisotopic (exact) mass is 300 g/mol. The van der Waals surface area contributed by atoms with Crippen molar-refractivity contribution in [2.45, 2.75) is 13.3 Å². The molecule has 1 rings (SSSR count). The molecule has 1 aromatic rings. The van der Waals surface area contributed by atoms with Crippen LogP contribution in [0.2, 0.25) is 0 Å². The van der Waals surface area contributed by atoms with E-state index in [1.165, 1.54) is 0 Å². The molecule has 66 valence electrons. The summed E-state index contributed by atoms with van der Waals surface area (Å²) in [5, 5.41) is 7.88. The molecule has 2 heteroatoms. The Morgan fingerprint density at radius 2 is 1.62 bits per heavy atom. The number of hydrogen-bond donors (Lipinski definition) is 1. The third-order valence-electron chi connectivity index (χ3n) is 0.831. The van der Waals surface area contributed by atoms with E-state index >= 15 is 0 Å². The van der Waals surface area contributed by atoms with Crippen LogP contribution in [0.15, 0.2) is 30.3 Å². The fourth-order valence-corrected chi connectivity index (χ4v) is 0.342. The first-order valence-corrected chi connectivity index (χ1v) is 3.72. The number of aliphatic hydroxyl groups excluding tert-OH is 1. The molecule has 0 atom stereocenters. The predicted octanol–water partition coefficient (Wildman–Crippen LogP) is 1.70. The second-order valence-corrected chi connectivity index (χ2v) is 1.80. The molecule has 0 aromatic heterocycles. The molecule has 1 aromatic carbocycles. The predicted molar refractivity (Wildman–Crippen MR) is 56.6 cm³/mol. The molecule has 0 saturated carbocycles. The quantitative estimate of drug-likeness (QED) is 0.475. The van der Waals surface area contributed by atoms with Gasteiger partial charge in [0, 0.05) is 6.61 Å². The van der Waals surface area contributed by atoms with Crippen molar-refractivity contribution in [3.63, 3.8) is 0 Å². The van der Waals surface area contributed by atoms with E-state index in [0.29, 0.717) is 6.61 Å². The van der Waals surface area contributed by atoms with Gasteiger partial charge in [0.25, 0.3) is 0 Å². The molecule has 0 spiro atoms. The van der Waals surface area contributed by atoms with Gasteiger partial charge in [-0.2, -0.15) is 36.4 Å². The van der Waals surface area contributed by atoms with Crippen LogP contribution in [-0.2, 0) is 0 Å². The van der Waals surface area contributed by atoms with E-state index in [0.717, 1.165) is 6.42 Å². The summed E-state index contributed by atoms with van der Waals surface area (Å²) in [5.41, 5.74) is 0. The Bertz CT molecular complexity index is 132. The van der Waals surface area contributed by atoms with E-state index in [-0.39, 0.29) is 48.9 Å². The molecule has 0 amide bonds. The topological polar surface area (TPSA) is 20.2 Å². The second kappa shape index (κ2) is 22.8. The smallest absolute Gasteiger partial charge is 0.697 e. The Hall–Kier alpha value is 0.311. The number of aliphatic hydroxyl groups is 1. The van der Waals surface area contributed by atoms with E-state index < -0.39 is 0 Å². The number of terminal acetylenes is 1. The minimum Gasteiger partial charge on any atom is -0.697 e. The third-order valence-corrected chi connectivity index (χ3v) is 0.831. The first-order chi connectivity index (χ1) is 5.91. The van der Waals surface area contributed by atoms with Gasteiger partial charge in [-0.1, -0.05) is 6.92 Å². The molecule has 0 fully saturated rings. The third kappa shape index (κ3) is 24.5. The Morgan fingerprint density at radius 3 is 1.69 bits per heavy atom. The molecule has 0 aliphatic carbocycles. The summed E-state index contributed by atoms with van der Waals surface area (Å²) in [6.45, 7) is 2.25. The molecule has 1 N–H and O–H groups in total. The minimum atomic E-state index is 0. The Morgan fingerprint density at radius 1 is 1.23 bits per heavy atom. The van der Waals surface area contributed by atoms with E-state index in [2.05, 4.69) is 12.5 Å². The first-order valence-electron chi connectivity index (χ1n) is 3.72. The van der Waals surface area contributed by atoms with Crippen molar-refractivity contribution in [2.24, 2.45) is 0 Å².